The molecule has 0 aliphatic carbocycles. The second-order valence-corrected chi connectivity index (χ2v) is 8.27. The predicted octanol–water partition coefficient (Wildman–Crippen LogP) is 4.17. The average Bonchev–Trinajstić information content (AvgIpc) is 3.35. The van der Waals surface area contributed by atoms with E-state index in [0.29, 0.717) is 29.2 Å². The van der Waals surface area contributed by atoms with Crippen LogP contribution in [0.5, 0.6) is 5.75 Å². The molecule has 0 saturated heterocycles. The number of anilines is 2. The van der Waals surface area contributed by atoms with Crippen LogP contribution >= 0.6 is 0 Å². The highest BCUT2D eigenvalue weighted by molar-refractivity contribution is 6.05. The van der Waals surface area contributed by atoms with E-state index in [0.717, 1.165) is 11.3 Å². The van der Waals surface area contributed by atoms with E-state index in [2.05, 4.69) is 15.8 Å². The van der Waals surface area contributed by atoms with Gasteiger partial charge in [0.1, 0.15) is 11.5 Å². The highest BCUT2D eigenvalue weighted by Gasteiger charge is 2.29. The van der Waals surface area contributed by atoms with Crippen LogP contribution in [0.4, 0.5) is 11.5 Å². The maximum atomic E-state index is 12.6. The smallest absolute Gasteiger partial charge is 0.265 e. The molecule has 2 amide bonds. The van der Waals surface area contributed by atoms with Crippen molar-refractivity contribution in [1.29, 1.82) is 0 Å². The maximum Gasteiger partial charge on any atom is 0.265 e. The molecule has 2 aromatic carbocycles. The van der Waals surface area contributed by atoms with Crippen molar-refractivity contribution in [2.24, 2.45) is 0 Å². The number of carbonyl (C=O) groups excluding carboxylic acids is 2. The number of carbonyl (C=O) groups is 2. The van der Waals surface area contributed by atoms with Gasteiger partial charge in [0.25, 0.3) is 11.8 Å². The number of nitrogens with zero attached hydrogens (tertiary/aromatic N) is 1. The zero-order chi connectivity index (χ0) is 21.3. The van der Waals surface area contributed by atoms with Crippen LogP contribution in [0.15, 0.2) is 59.1 Å². The lowest BCUT2D eigenvalue weighted by atomic mass is 9.93. The first-order valence-electron chi connectivity index (χ1n) is 9.73. The molecule has 0 fully saturated rings. The first kappa shape index (κ1) is 19.7. The van der Waals surface area contributed by atoms with Crippen molar-refractivity contribution in [3.8, 4) is 5.75 Å². The molecule has 7 heteroatoms. The number of ether oxygens (including phenoxy) is 1. The fourth-order valence-corrected chi connectivity index (χ4v) is 3.17. The number of benzene rings is 2. The van der Waals surface area contributed by atoms with Crippen LogP contribution in [0.1, 0.15) is 42.5 Å². The van der Waals surface area contributed by atoms with E-state index in [-0.39, 0.29) is 17.2 Å². The Kier molecular flexibility index (Phi) is 5.03. The van der Waals surface area contributed by atoms with E-state index < -0.39 is 6.10 Å². The second-order valence-electron chi connectivity index (χ2n) is 8.27. The minimum absolute atomic E-state index is 0.206. The highest BCUT2D eigenvalue weighted by atomic mass is 16.5. The molecular formula is C23H23N3O4. The van der Waals surface area contributed by atoms with Gasteiger partial charge in [-0.1, -0.05) is 50.2 Å². The number of aromatic nitrogens is 1. The van der Waals surface area contributed by atoms with Gasteiger partial charge in [-0.3, -0.25) is 9.59 Å². The molecular weight excluding hydrogens is 382 g/mol. The van der Waals surface area contributed by atoms with Gasteiger partial charge in [-0.25, -0.2) is 0 Å². The molecule has 2 heterocycles. The Morgan fingerprint density at radius 1 is 1.03 bits per heavy atom. The Labute approximate surface area is 174 Å². The number of fused-ring (bicyclic) bond motifs is 1. The number of hydrogen-bond donors (Lipinski definition) is 2. The molecule has 0 saturated carbocycles. The second kappa shape index (κ2) is 7.67. The molecule has 154 valence electrons. The molecule has 30 heavy (non-hydrogen) atoms. The Bertz CT molecular complexity index is 1070. The molecule has 4 rings (SSSR count). The molecule has 7 nitrogen and oxygen atoms in total. The Morgan fingerprint density at radius 2 is 1.83 bits per heavy atom. The largest absolute Gasteiger partial charge is 0.480 e. The van der Waals surface area contributed by atoms with Crippen LogP contribution in [0.25, 0.3) is 0 Å². The summed E-state index contributed by atoms with van der Waals surface area (Å²) in [6.07, 6.45) is -0.0735. The first-order valence-corrected chi connectivity index (χ1v) is 9.73. The topological polar surface area (TPSA) is 93.5 Å². The number of nitrogens with one attached hydrogen (secondary N) is 2. The standard InChI is InChI=1S/C23H23N3O4/c1-23(2,3)19-13-20(26-30-19)25-21(27)15-8-6-9-16(11-15)24-22(28)18-12-14-7-4-5-10-17(14)29-18/h4-11,13,18H,12H2,1-3H3,(H,24,28)(H,25,26,27). The zero-order valence-electron chi connectivity index (χ0n) is 17.1. The van der Waals surface area contributed by atoms with E-state index in [1.165, 1.54) is 0 Å². The first-order chi connectivity index (χ1) is 14.3. The molecule has 1 aliphatic heterocycles. The van der Waals surface area contributed by atoms with Crippen molar-refractivity contribution in [3.63, 3.8) is 0 Å². The monoisotopic (exact) mass is 405 g/mol. The number of hydrogen-bond acceptors (Lipinski definition) is 5. The van der Waals surface area contributed by atoms with Crippen LogP contribution in [0.3, 0.4) is 0 Å². The predicted molar refractivity (Wildman–Crippen MR) is 113 cm³/mol. The average molecular weight is 405 g/mol. The summed E-state index contributed by atoms with van der Waals surface area (Å²) in [6, 6.07) is 16.0. The molecule has 1 unspecified atom stereocenters. The van der Waals surface area contributed by atoms with Crippen LogP contribution in [0.2, 0.25) is 0 Å². The summed E-state index contributed by atoms with van der Waals surface area (Å²) in [5.41, 5.74) is 1.71. The van der Waals surface area contributed by atoms with Gasteiger partial charge in [-0.2, -0.15) is 0 Å². The molecule has 0 radical (unpaired) electrons. The summed E-state index contributed by atoms with van der Waals surface area (Å²) in [7, 11) is 0. The van der Waals surface area contributed by atoms with Crippen molar-refractivity contribution >= 4 is 23.3 Å². The van der Waals surface area contributed by atoms with Gasteiger partial charge < -0.3 is 19.9 Å². The van der Waals surface area contributed by atoms with Crippen LogP contribution in [-0.2, 0) is 16.6 Å². The van der Waals surface area contributed by atoms with Crippen LogP contribution < -0.4 is 15.4 Å². The summed E-state index contributed by atoms with van der Waals surface area (Å²) < 4.78 is 11.0. The van der Waals surface area contributed by atoms with Crippen molar-refractivity contribution in [1.82, 2.24) is 5.16 Å². The maximum absolute atomic E-state index is 12.6. The van der Waals surface area contributed by atoms with E-state index in [9.17, 15) is 9.59 Å². The molecule has 2 N–H and O–H groups in total. The van der Waals surface area contributed by atoms with Gasteiger partial charge in [0, 0.05) is 29.2 Å². The lowest BCUT2D eigenvalue weighted by Crippen LogP contribution is -2.31. The van der Waals surface area contributed by atoms with E-state index >= 15 is 0 Å². The van der Waals surface area contributed by atoms with Gasteiger partial charge >= 0.3 is 0 Å². The molecule has 0 bridgehead atoms. The van der Waals surface area contributed by atoms with Gasteiger partial charge in [-0.05, 0) is 29.8 Å². The Morgan fingerprint density at radius 3 is 2.57 bits per heavy atom. The van der Waals surface area contributed by atoms with Crippen LogP contribution in [-0.4, -0.2) is 23.1 Å². The minimum Gasteiger partial charge on any atom is -0.480 e. The third-order valence-corrected chi connectivity index (χ3v) is 4.82. The zero-order valence-corrected chi connectivity index (χ0v) is 17.1. The summed E-state index contributed by atoms with van der Waals surface area (Å²) >= 11 is 0. The third kappa shape index (κ3) is 4.20. The lowest BCUT2D eigenvalue weighted by molar-refractivity contribution is -0.122. The summed E-state index contributed by atoms with van der Waals surface area (Å²) in [5, 5.41) is 9.44. The fraction of sp³-hybridized carbons (Fsp3) is 0.261. The van der Waals surface area contributed by atoms with Gasteiger partial charge in [0.15, 0.2) is 11.9 Å². The number of rotatable bonds is 4. The summed E-state index contributed by atoms with van der Waals surface area (Å²) in [5.74, 6) is 1.15. The SMILES string of the molecule is CC(C)(C)c1cc(NC(=O)c2cccc(NC(=O)C3Cc4ccccc4O3)c2)no1. The van der Waals surface area contributed by atoms with E-state index in [1.807, 2.05) is 45.0 Å². The fourth-order valence-electron chi connectivity index (χ4n) is 3.17. The highest BCUT2D eigenvalue weighted by Crippen LogP contribution is 2.29. The molecule has 0 spiro atoms. The van der Waals surface area contributed by atoms with Gasteiger partial charge in [-0.15, -0.1) is 0 Å². The molecule has 1 aromatic heterocycles. The Hall–Kier alpha value is -3.61. The molecule has 1 atom stereocenters. The van der Waals surface area contributed by atoms with E-state index in [1.54, 1.807) is 30.3 Å². The normalized spacial score (nSPS) is 15.2. The lowest BCUT2D eigenvalue weighted by Gasteiger charge is -2.12. The van der Waals surface area contributed by atoms with E-state index in [4.69, 9.17) is 9.26 Å². The van der Waals surface area contributed by atoms with Crippen molar-refractivity contribution in [3.05, 3.63) is 71.5 Å². The summed E-state index contributed by atoms with van der Waals surface area (Å²) in [6.45, 7) is 5.99. The van der Waals surface area contributed by atoms with Gasteiger partial charge in [0.2, 0.25) is 0 Å². The third-order valence-electron chi connectivity index (χ3n) is 4.82. The van der Waals surface area contributed by atoms with Gasteiger partial charge in [0.05, 0.1) is 0 Å². The number of amides is 2. The molecule has 3 aromatic rings. The van der Waals surface area contributed by atoms with Crippen molar-refractivity contribution < 1.29 is 18.8 Å². The van der Waals surface area contributed by atoms with Crippen molar-refractivity contribution in [2.45, 2.75) is 38.7 Å². The quantitative estimate of drug-likeness (QED) is 0.680. The summed E-state index contributed by atoms with van der Waals surface area (Å²) in [4.78, 5) is 25.2. The van der Waals surface area contributed by atoms with Crippen LogP contribution in [0, 0.1) is 0 Å². The molecule has 1 aliphatic rings. The van der Waals surface area contributed by atoms with Crippen molar-refractivity contribution in [2.75, 3.05) is 10.6 Å². The minimum atomic E-state index is -0.592. The number of para-hydroxylation sites is 1. The Balaban J connectivity index is 1.41.